The van der Waals surface area contributed by atoms with Crippen LogP contribution >= 0.6 is 0 Å². The third-order valence-electron chi connectivity index (χ3n) is 1.64. The van der Waals surface area contributed by atoms with Gasteiger partial charge in [0, 0.05) is 5.56 Å². The maximum absolute atomic E-state index is 11.8. The van der Waals surface area contributed by atoms with Crippen LogP contribution in [0.3, 0.4) is 0 Å². The molecule has 1 aromatic carbocycles. The second kappa shape index (κ2) is 4.31. The molecule has 0 spiro atoms. The number of carbonyl (C=O) groups is 1. The summed E-state index contributed by atoms with van der Waals surface area (Å²) in [4.78, 5) is 10.5. The van der Waals surface area contributed by atoms with E-state index in [1.807, 2.05) is 0 Å². The lowest BCUT2D eigenvalue weighted by atomic mass is 10.2. The Hall–Kier alpha value is -1.56. The van der Waals surface area contributed by atoms with Crippen molar-refractivity contribution in [1.82, 2.24) is 5.32 Å². The summed E-state index contributed by atoms with van der Waals surface area (Å²) in [6.07, 6.45) is -6.64. The molecule has 1 rings (SSSR count). The third kappa shape index (κ3) is 3.25. The van der Waals surface area contributed by atoms with Crippen molar-refractivity contribution in [2.75, 3.05) is 0 Å². The number of hydrogen-bond donors (Lipinski definition) is 2. The van der Waals surface area contributed by atoms with Gasteiger partial charge in [0.2, 0.25) is 0 Å². The van der Waals surface area contributed by atoms with Gasteiger partial charge in [0.25, 0.3) is 0 Å². The minimum Gasteiger partial charge on any atom is -0.369 e. The Kier molecular flexibility index (Phi) is 3.31. The fraction of sp³-hybridized carbons (Fsp3) is 0.222. The first-order valence-electron chi connectivity index (χ1n) is 4.02. The fourth-order valence-corrected chi connectivity index (χ4v) is 0.925. The van der Waals surface area contributed by atoms with Gasteiger partial charge in [-0.25, -0.2) is 0 Å². The van der Waals surface area contributed by atoms with Crippen molar-refractivity contribution in [2.24, 2.45) is 0 Å². The highest BCUT2D eigenvalue weighted by Crippen LogP contribution is 2.17. The van der Waals surface area contributed by atoms with Crippen LogP contribution in [-0.2, 0) is 4.79 Å². The van der Waals surface area contributed by atoms with Crippen molar-refractivity contribution in [3.8, 4) is 0 Å². The van der Waals surface area contributed by atoms with E-state index in [2.05, 4.69) is 0 Å². The van der Waals surface area contributed by atoms with Crippen LogP contribution in [0.15, 0.2) is 30.3 Å². The number of carbonyl (C=O) groups excluding carboxylic acids is 1. The standard InChI is InChI=1S/C9H8F3NO2/c10-9(11,12)8(15)13-7(14)6-4-2-1-3-5-6/h1-5,7,14H,(H,13,15)/t7-/m1/s1. The maximum atomic E-state index is 11.8. The van der Waals surface area contributed by atoms with Crippen LogP contribution in [0.4, 0.5) is 13.2 Å². The number of benzene rings is 1. The molecule has 0 unspecified atom stereocenters. The highest BCUT2D eigenvalue weighted by Gasteiger charge is 2.39. The van der Waals surface area contributed by atoms with E-state index in [4.69, 9.17) is 0 Å². The van der Waals surface area contributed by atoms with Gasteiger partial charge in [-0.3, -0.25) is 4.79 Å². The molecule has 6 heteroatoms. The lowest BCUT2D eigenvalue weighted by Gasteiger charge is -2.14. The van der Waals surface area contributed by atoms with Gasteiger partial charge >= 0.3 is 12.1 Å². The number of rotatable bonds is 2. The van der Waals surface area contributed by atoms with Gasteiger partial charge in [-0.05, 0) is 0 Å². The fourth-order valence-electron chi connectivity index (χ4n) is 0.925. The molecular weight excluding hydrogens is 211 g/mol. The summed E-state index contributed by atoms with van der Waals surface area (Å²) in [6, 6.07) is 7.53. The third-order valence-corrected chi connectivity index (χ3v) is 1.64. The number of halogens is 3. The average Bonchev–Trinajstić information content (AvgIpc) is 2.17. The van der Waals surface area contributed by atoms with E-state index in [0.717, 1.165) is 0 Å². The Morgan fingerprint density at radius 1 is 1.27 bits per heavy atom. The Labute approximate surface area is 83.5 Å². The van der Waals surface area contributed by atoms with Gasteiger partial charge in [-0.15, -0.1) is 0 Å². The largest absolute Gasteiger partial charge is 0.471 e. The van der Waals surface area contributed by atoms with Crippen molar-refractivity contribution < 1.29 is 23.1 Å². The van der Waals surface area contributed by atoms with E-state index < -0.39 is 18.3 Å². The second-order valence-electron chi connectivity index (χ2n) is 2.78. The summed E-state index contributed by atoms with van der Waals surface area (Å²) in [5.74, 6) is -2.17. The molecule has 0 saturated heterocycles. The molecule has 0 radical (unpaired) electrons. The SMILES string of the molecule is O=C(N[C@H](O)c1ccccc1)C(F)(F)F. The van der Waals surface area contributed by atoms with Gasteiger partial charge in [-0.1, -0.05) is 30.3 Å². The van der Waals surface area contributed by atoms with Crippen LogP contribution in [0, 0.1) is 0 Å². The highest BCUT2D eigenvalue weighted by atomic mass is 19.4. The molecule has 1 amide bonds. The van der Waals surface area contributed by atoms with Crippen molar-refractivity contribution in [2.45, 2.75) is 12.4 Å². The minimum atomic E-state index is -4.99. The van der Waals surface area contributed by atoms with E-state index in [9.17, 15) is 23.1 Å². The first-order chi connectivity index (χ1) is 6.91. The monoisotopic (exact) mass is 219 g/mol. The topological polar surface area (TPSA) is 49.3 Å². The van der Waals surface area contributed by atoms with Gasteiger partial charge < -0.3 is 10.4 Å². The van der Waals surface area contributed by atoms with Crippen molar-refractivity contribution >= 4 is 5.91 Å². The Bertz CT molecular complexity index is 337. The van der Waals surface area contributed by atoms with Crippen molar-refractivity contribution in [3.05, 3.63) is 35.9 Å². The summed E-state index contributed by atoms with van der Waals surface area (Å²) < 4.78 is 35.4. The van der Waals surface area contributed by atoms with Crippen molar-refractivity contribution in [3.63, 3.8) is 0 Å². The molecule has 0 aliphatic heterocycles. The number of hydrogen-bond acceptors (Lipinski definition) is 2. The van der Waals surface area contributed by atoms with Crippen LogP contribution in [-0.4, -0.2) is 17.2 Å². The maximum Gasteiger partial charge on any atom is 0.471 e. The van der Waals surface area contributed by atoms with E-state index in [1.54, 1.807) is 6.07 Å². The van der Waals surface area contributed by atoms with Crippen LogP contribution in [0.2, 0.25) is 0 Å². The molecule has 2 N–H and O–H groups in total. The summed E-state index contributed by atoms with van der Waals surface area (Å²) in [5, 5.41) is 10.7. The Morgan fingerprint density at radius 2 is 1.80 bits per heavy atom. The molecule has 0 aromatic heterocycles. The van der Waals surface area contributed by atoms with E-state index in [1.165, 1.54) is 29.6 Å². The van der Waals surface area contributed by atoms with Crippen LogP contribution < -0.4 is 5.32 Å². The molecule has 0 bridgehead atoms. The summed E-state index contributed by atoms with van der Waals surface area (Å²) in [5.41, 5.74) is 0.190. The summed E-state index contributed by atoms with van der Waals surface area (Å²) in [7, 11) is 0. The second-order valence-corrected chi connectivity index (χ2v) is 2.78. The lowest BCUT2D eigenvalue weighted by molar-refractivity contribution is -0.176. The summed E-state index contributed by atoms with van der Waals surface area (Å²) >= 11 is 0. The zero-order chi connectivity index (χ0) is 11.5. The zero-order valence-corrected chi connectivity index (χ0v) is 7.45. The Balaban J connectivity index is 2.65. The predicted molar refractivity (Wildman–Crippen MR) is 45.6 cm³/mol. The van der Waals surface area contributed by atoms with Crippen LogP contribution in [0.25, 0.3) is 0 Å². The minimum absolute atomic E-state index is 0.190. The molecule has 0 saturated carbocycles. The van der Waals surface area contributed by atoms with Crippen LogP contribution in [0.1, 0.15) is 11.8 Å². The zero-order valence-electron chi connectivity index (χ0n) is 7.45. The first-order valence-corrected chi connectivity index (χ1v) is 4.02. The Morgan fingerprint density at radius 3 is 2.27 bits per heavy atom. The molecule has 1 aromatic rings. The van der Waals surface area contributed by atoms with E-state index in [-0.39, 0.29) is 5.56 Å². The number of alkyl halides is 3. The smallest absolute Gasteiger partial charge is 0.369 e. The van der Waals surface area contributed by atoms with Crippen LogP contribution in [0.5, 0.6) is 0 Å². The van der Waals surface area contributed by atoms with E-state index >= 15 is 0 Å². The van der Waals surface area contributed by atoms with Gasteiger partial charge in [-0.2, -0.15) is 13.2 Å². The normalized spacial score (nSPS) is 13.3. The molecule has 0 aliphatic rings. The molecular formula is C9H8F3NO2. The van der Waals surface area contributed by atoms with E-state index in [0.29, 0.717) is 0 Å². The molecule has 3 nitrogen and oxygen atoms in total. The number of aliphatic hydroxyl groups is 1. The van der Waals surface area contributed by atoms with Crippen molar-refractivity contribution in [1.29, 1.82) is 0 Å². The first kappa shape index (κ1) is 11.5. The number of amides is 1. The van der Waals surface area contributed by atoms with Gasteiger partial charge in [0.15, 0.2) is 6.23 Å². The molecule has 15 heavy (non-hydrogen) atoms. The lowest BCUT2D eigenvalue weighted by Crippen LogP contribution is -2.39. The van der Waals surface area contributed by atoms with Gasteiger partial charge in [0.1, 0.15) is 0 Å². The molecule has 0 heterocycles. The average molecular weight is 219 g/mol. The molecule has 1 atom stereocenters. The van der Waals surface area contributed by atoms with Gasteiger partial charge in [0.05, 0.1) is 0 Å². The predicted octanol–water partition coefficient (Wildman–Crippen LogP) is 1.36. The number of nitrogens with one attached hydrogen (secondary N) is 1. The molecule has 82 valence electrons. The quantitative estimate of drug-likeness (QED) is 0.738. The number of aliphatic hydroxyl groups excluding tert-OH is 1. The highest BCUT2D eigenvalue weighted by molar-refractivity contribution is 5.81. The molecule has 0 fully saturated rings. The summed E-state index contributed by atoms with van der Waals surface area (Å²) in [6.45, 7) is 0. The molecule has 0 aliphatic carbocycles.